The largest absolute Gasteiger partial charge is 0.464 e. The molecule has 0 saturated carbocycles. The van der Waals surface area contributed by atoms with Crippen molar-refractivity contribution in [3.05, 3.63) is 46.5 Å². The second kappa shape index (κ2) is 3.49. The van der Waals surface area contributed by atoms with Gasteiger partial charge in [-0.3, -0.25) is 0 Å². The van der Waals surface area contributed by atoms with Gasteiger partial charge in [-0.25, -0.2) is 4.79 Å². The standard InChI is InChI=1S/C12H7BrO3/c13-6-9-4-8-3-7-1-2-15-10(7)5-11(8)16-12(9)14/h1-5H,6H2. The first kappa shape index (κ1) is 9.66. The molecule has 0 bridgehead atoms. The van der Waals surface area contributed by atoms with Gasteiger partial charge in [-0.05, 0) is 18.2 Å². The van der Waals surface area contributed by atoms with Crippen LogP contribution in [0.4, 0.5) is 0 Å². The minimum atomic E-state index is -0.310. The zero-order valence-corrected chi connectivity index (χ0v) is 9.78. The third kappa shape index (κ3) is 1.38. The molecular weight excluding hydrogens is 272 g/mol. The van der Waals surface area contributed by atoms with Crippen molar-refractivity contribution in [2.24, 2.45) is 0 Å². The van der Waals surface area contributed by atoms with Crippen molar-refractivity contribution >= 4 is 37.9 Å². The van der Waals surface area contributed by atoms with E-state index in [9.17, 15) is 4.79 Å². The van der Waals surface area contributed by atoms with Gasteiger partial charge in [0, 0.05) is 27.7 Å². The fraction of sp³-hybridized carbons (Fsp3) is 0.0833. The van der Waals surface area contributed by atoms with Crippen LogP contribution in [-0.2, 0) is 5.33 Å². The van der Waals surface area contributed by atoms with E-state index in [-0.39, 0.29) is 5.63 Å². The summed E-state index contributed by atoms with van der Waals surface area (Å²) in [6, 6.07) is 7.41. The number of furan rings is 1. The first-order chi connectivity index (χ1) is 7.78. The van der Waals surface area contributed by atoms with Crippen LogP contribution in [0.5, 0.6) is 0 Å². The van der Waals surface area contributed by atoms with Gasteiger partial charge < -0.3 is 8.83 Å². The molecule has 3 nitrogen and oxygen atoms in total. The van der Waals surface area contributed by atoms with Crippen LogP contribution in [0.15, 0.2) is 44.2 Å². The van der Waals surface area contributed by atoms with Crippen molar-refractivity contribution in [2.75, 3.05) is 0 Å². The normalized spacial score (nSPS) is 11.3. The Morgan fingerprint density at radius 3 is 2.81 bits per heavy atom. The van der Waals surface area contributed by atoms with Crippen LogP contribution >= 0.6 is 15.9 Å². The number of fused-ring (bicyclic) bond motifs is 2. The van der Waals surface area contributed by atoms with Gasteiger partial charge >= 0.3 is 5.63 Å². The molecule has 80 valence electrons. The maximum atomic E-state index is 11.5. The maximum Gasteiger partial charge on any atom is 0.340 e. The quantitative estimate of drug-likeness (QED) is 0.506. The summed E-state index contributed by atoms with van der Waals surface area (Å²) in [5.41, 5.74) is 1.59. The summed E-state index contributed by atoms with van der Waals surface area (Å²) < 4.78 is 10.5. The Balaban J connectivity index is 2.45. The Labute approximate surface area is 98.8 Å². The van der Waals surface area contributed by atoms with Crippen LogP contribution in [0.3, 0.4) is 0 Å². The smallest absolute Gasteiger partial charge is 0.340 e. The number of hydrogen-bond donors (Lipinski definition) is 0. The van der Waals surface area contributed by atoms with Gasteiger partial charge in [0.05, 0.1) is 6.26 Å². The van der Waals surface area contributed by atoms with Crippen LogP contribution in [0.1, 0.15) is 5.56 Å². The predicted octanol–water partition coefficient (Wildman–Crippen LogP) is 3.43. The lowest BCUT2D eigenvalue weighted by molar-refractivity contribution is 0.553. The molecule has 4 heteroatoms. The summed E-state index contributed by atoms with van der Waals surface area (Å²) in [4.78, 5) is 11.5. The van der Waals surface area contributed by atoms with Crippen LogP contribution < -0.4 is 5.63 Å². The van der Waals surface area contributed by atoms with Gasteiger partial charge in [-0.15, -0.1) is 0 Å². The molecule has 0 aliphatic carbocycles. The summed E-state index contributed by atoms with van der Waals surface area (Å²) in [6.45, 7) is 0. The van der Waals surface area contributed by atoms with Crippen molar-refractivity contribution in [3.8, 4) is 0 Å². The molecule has 0 fully saturated rings. The highest BCUT2D eigenvalue weighted by atomic mass is 79.9. The van der Waals surface area contributed by atoms with E-state index in [1.807, 2.05) is 18.2 Å². The Kier molecular flexibility index (Phi) is 2.11. The molecular formula is C12H7BrO3. The molecule has 0 radical (unpaired) electrons. The third-order valence-electron chi connectivity index (χ3n) is 2.52. The van der Waals surface area contributed by atoms with Gasteiger partial charge in [0.1, 0.15) is 11.2 Å². The van der Waals surface area contributed by atoms with E-state index < -0.39 is 0 Å². The lowest BCUT2D eigenvalue weighted by Gasteiger charge is -1.99. The van der Waals surface area contributed by atoms with Crippen LogP contribution in [0.2, 0.25) is 0 Å². The molecule has 3 aromatic rings. The maximum absolute atomic E-state index is 11.5. The Hall–Kier alpha value is -1.55. The van der Waals surface area contributed by atoms with E-state index in [4.69, 9.17) is 8.83 Å². The van der Waals surface area contributed by atoms with Crippen molar-refractivity contribution < 1.29 is 8.83 Å². The van der Waals surface area contributed by atoms with Gasteiger partial charge in [0.2, 0.25) is 0 Å². The lowest BCUT2D eigenvalue weighted by atomic mass is 10.1. The first-order valence-corrected chi connectivity index (χ1v) is 5.90. The summed E-state index contributed by atoms with van der Waals surface area (Å²) >= 11 is 3.26. The molecule has 0 atom stereocenters. The monoisotopic (exact) mass is 278 g/mol. The van der Waals surface area contributed by atoms with Gasteiger partial charge in [-0.2, -0.15) is 0 Å². The van der Waals surface area contributed by atoms with Crippen molar-refractivity contribution in [2.45, 2.75) is 5.33 Å². The highest BCUT2D eigenvalue weighted by molar-refractivity contribution is 9.08. The summed E-state index contributed by atoms with van der Waals surface area (Å²) in [7, 11) is 0. The van der Waals surface area contributed by atoms with E-state index in [2.05, 4.69) is 15.9 Å². The molecule has 3 rings (SSSR count). The predicted molar refractivity (Wildman–Crippen MR) is 64.9 cm³/mol. The van der Waals surface area contributed by atoms with Crippen LogP contribution in [0, 0.1) is 0 Å². The molecule has 0 N–H and O–H groups in total. The minimum absolute atomic E-state index is 0.310. The molecule has 16 heavy (non-hydrogen) atoms. The van der Waals surface area contributed by atoms with E-state index in [1.54, 1.807) is 12.3 Å². The molecule has 2 aromatic heterocycles. The molecule has 0 amide bonds. The molecule has 2 heterocycles. The first-order valence-electron chi connectivity index (χ1n) is 4.78. The average molecular weight is 279 g/mol. The topological polar surface area (TPSA) is 43.4 Å². The number of hydrogen-bond acceptors (Lipinski definition) is 3. The molecule has 0 aliphatic heterocycles. The second-order valence-corrected chi connectivity index (χ2v) is 4.10. The second-order valence-electron chi connectivity index (χ2n) is 3.54. The molecule has 0 saturated heterocycles. The number of benzene rings is 1. The number of halogens is 1. The van der Waals surface area contributed by atoms with E-state index in [0.717, 1.165) is 16.4 Å². The molecule has 0 unspecified atom stereocenters. The van der Waals surface area contributed by atoms with E-state index >= 15 is 0 Å². The Morgan fingerprint density at radius 2 is 2.00 bits per heavy atom. The molecule has 0 spiro atoms. The average Bonchev–Trinajstić information content (AvgIpc) is 2.72. The van der Waals surface area contributed by atoms with Crippen molar-refractivity contribution in [1.82, 2.24) is 0 Å². The summed E-state index contributed by atoms with van der Waals surface area (Å²) in [5, 5.41) is 2.40. The van der Waals surface area contributed by atoms with Gasteiger partial charge in [-0.1, -0.05) is 15.9 Å². The molecule has 0 aliphatic rings. The zero-order valence-electron chi connectivity index (χ0n) is 8.20. The minimum Gasteiger partial charge on any atom is -0.464 e. The number of rotatable bonds is 1. The van der Waals surface area contributed by atoms with Crippen LogP contribution in [-0.4, -0.2) is 0 Å². The summed E-state index contributed by atoms with van der Waals surface area (Å²) in [6.07, 6.45) is 1.62. The molecule has 1 aromatic carbocycles. The van der Waals surface area contributed by atoms with Crippen molar-refractivity contribution in [3.63, 3.8) is 0 Å². The van der Waals surface area contributed by atoms with E-state index in [1.165, 1.54) is 0 Å². The van der Waals surface area contributed by atoms with Crippen LogP contribution in [0.25, 0.3) is 21.9 Å². The Morgan fingerprint density at radius 1 is 1.12 bits per heavy atom. The fourth-order valence-electron chi connectivity index (χ4n) is 1.71. The van der Waals surface area contributed by atoms with E-state index in [0.29, 0.717) is 16.5 Å². The SMILES string of the molecule is O=c1oc2cc3occc3cc2cc1CBr. The third-order valence-corrected chi connectivity index (χ3v) is 3.13. The highest BCUT2D eigenvalue weighted by Crippen LogP contribution is 2.23. The fourth-order valence-corrected chi connectivity index (χ4v) is 2.11. The van der Waals surface area contributed by atoms with Crippen molar-refractivity contribution in [1.29, 1.82) is 0 Å². The van der Waals surface area contributed by atoms with Gasteiger partial charge in [0.25, 0.3) is 0 Å². The Bertz CT molecular complexity index is 724. The summed E-state index contributed by atoms with van der Waals surface area (Å²) in [5.74, 6) is 0. The highest BCUT2D eigenvalue weighted by Gasteiger charge is 2.06. The zero-order chi connectivity index (χ0) is 11.1. The lowest BCUT2D eigenvalue weighted by Crippen LogP contribution is -2.04. The van der Waals surface area contributed by atoms with Gasteiger partial charge in [0.15, 0.2) is 0 Å². The number of alkyl halides is 1.